The molecule has 3 heteroatoms. The van der Waals surface area contributed by atoms with E-state index in [0.717, 1.165) is 30.3 Å². The number of aromatic nitrogens is 1. The van der Waals surface area contributed by atoms with Crippen molar-refractivity contribution in [1.82, 2.24) is 4.98 Å². The van der Waals surface area contributed by atoms with E-state index in [2.05, 4.69) is 23.7 Å². The van der Waals surface area contributed by atoms with E-state index < -0.39 is 0 Å². The zero-order valence-corrected chi connectivity index (χ0v) is 12.2. The van der Waals surface area contributed by atoms with E-state index in [9.17, 15) is 4.39 Å². The minimum Gasteiger partial charge on any atom is -0.342 e. The standard InChI is InChI=1S/C17H19FN2/c1-4-15-11(2)9-10-20(15)17-13-7-5-6-8-14(13)19-12(3)16(17)18/h5-8H,4,9-10H2,1-3H3. The molecular weight excluding hydrogens is 251 g/mol. The molecule has 1 aliphatic heterocycles. The number of aryl methyl sites for hydroxylation is 1. The van der Waals surface area contributed by atoms with E-state index in [1.54, 1.807) is 6.92 Å². The lowest BCUT2D eigenvalue weighted by Gasteiger charge is -2.25. The number of nitrogens with zero attached hydrogens (tertiary/aromatic N) is 2. The Balaban J connectivity index is 2.28. The number of allylic oxidation sites excluding steroid dienone is 1. The molecule has 0 atom stereocenters. The molecule has 2 heterocycles. The van der Waals surface area contributed by atoms with Gasteiger partial charge >= 0.3 is 0 Å². The number of pyridine rings is 1. The van der Waals surface area contributed by atoms with Crippen molar-refractivity contribution in [3.63, 3.8) is 0 Å². The van der Waals surface area contributed by atoms with Crippen LogP contribution in [0.1, 0.15) is 32.4 Å². The van der Waals surface area contributed by atoms with Crippen LogP contribution in [0.15, 0.2) is 35.5 Å². The van der Waals surface area contributed by atoms with E-state index >= 15 is 0 Å². The summed E-state index contributed by atoms with van der Waals surface area (Å²) in [6.07, 6.45) is 1.94. The van der Waals surface area contributed by atoms with Crippen LogP contribution in [0.25, 0.3) is 10.9 Å². The predicted molar refractivity (Wildman–Crippen MR) is 81.4 cm³/mol. The minimum atomic E-state index is -0.190. The molecule has 1 aromatic carbocycles. The van der Waals surface area contributed by atoms with Gasteiger partial charge in [-0.3, -0.25) is 0 Å². The van der Waals surface area contributed by atoms with Crippen molar-refractivity contribution in [2.75, 3.05) is 11.4 Å². The molecule has 1 aromatic heterocycles. The first-order valence-electron chi connectivity index (χ1n) is 7.14. The second-order valence-corrected chi connectivity index (χ2v) is 5.36. The fraction of sp³-hybridized carbons (Fsp3) is 0.353. The van der Waals surface area contributed by atoms with Crippen LogP contribution in [-0.4, -0.2) is 11.5 Å². The van der Waals surface area contributed by atoms with E-state index in [1.807, 2.05) is 24.3 Å². The molecule has 0 saturated carbocycles. The van der Waals surface area contributed by atoms with Crippen molar-refractivity contribution in [3.8, 4) is 0 Å². The van der Waals surface area contributed by atoms with Gasteiger partial charge < -0.3 is 4.90 Å². The summed E-state index contributed by atoms with van der Waals surface area (Å²) in [5.41, 5.74) is 4.65. The Kier molecular flexibility index (Phi) is 3.20. The van der Waals surface area contributed by atoms with E-state index in [4.69, 9.17) is 0 Å². The van der Waals surface area contributed by atoms with E-state index in [1.165, 1.54) is 11.3 Å². The molecular formula is C17H19FN2. The number of para-hydroxylation sites is 1. The molecule has 0 amide bonds. The molecule has 2 nitrogen and oxygen atoms in total. The van der Waals surface area contributed by atoms with Gasteiger partial charge in [0, 0.05) is 17.6 Å². The van der Waals surface area contributed by atoms with Crippen LogP contribution in [0, 0.1) is 12.7 Å². The zero-order chi connectivity index (χ0) is 14.3. The van der Waals surface area contributed by atoms with Gasteiger partial charge in [-0.2, -0.15) is 0 Å². The van der Waals surface area contributed by atoms with Gasteiger partial charge in [-0.15, -0.1) is 0 Å². The molecule has 3 rings (SSSR count). The number of halogens is 1. The predicted octanol–water partition coefficient (Wildman–Crippen LogP) is 4.58. The van der Waals surface area contributed by atoms with Gasteiger partial charge in [0.15, 0.2) is 5.82 Å². The maximum Gasteiger partial charge on any atom is 0.168 e. The lowest BCUT2D eigenvalue weighted by Crippen LogP contribution is -2.20. The van der Waals surface area contributed by atoms with Crippen LogP contribution in [0.3, 0.4) is 0 Å². The summed E-state index contributed by atoms with van der Waals surface area (Å²) in [6, 6.07) is 7.80. The molecule has 20 heavy (non-hydrogen) atoms. The van der Waals surface area contributed by atoms with Gasteiger partial charge in [-0.1, -0.05) is 30.7 Å². The second-order valence-electron chi connectivity index (χ2n) is 5.36. The lowest BCUT2D eigenvalue weighted by atomic mass is 10.1. The van der Waals surface area contributed by atoms with Gasteiger partial charge in [0.1, 0.15) is 0 Å². The average Bonchev–Trinajstić information content (AvgIpc) is 2.81. The van der Waals surface area contributed by atoms with Crippen molar-refractivity contribution in [2.45, 2.75) is 33.6 Å². The fourth-order valence-electron chi connectivity index (χ4n) is 3.08. The molecule has 0 aliphatic carbocycles. The molecule has 0 unspecified atom stereocenters. The number of rotatable bonds is 2. The Labute approximate surface area is 118 Å². The van der Waals surface area contributed by atoms with E-state index in [0.29, 0.717) is 11.4 Å². The normalized spacial score (nSPS) is 15.5. The molecule has 1 aliphatic rings. The molecule has 104 valence electrons. The first-order chi connectivity index (χ1) is 9.63. The quantitative estimate of drug-likeness (QED) is 0.794. The highest BCUT2D eigenvalue weighted by Gasteiger charge is 2.25. The highest BCUT2D eigenvalue weighted by atomic mass is 19.1. The maximum atomic E-state index is 14.7. The molecule has 0 bridgehead atoms. The number of fused-ring (bicyclic) bond motifs is 1. The minimum absolute atomic E-state index is 0.190. The van der Waals surface area contributed by atoms with Crippen LogP contribution >= 0.6 is 0 Å². The maximum absolute atomic E-state index is 14.7. The van der Waals surface area contributed by atoms with Crippen molar-refractivity contribution in [2.24, 2.45) is 0 Å². The fourth-order valence-corrected chi connectivity index (χ4v) is 3.08. The van der Waals surface area contributed by atoms with Crippen LogP contribution in [-0.2, 0) is 0 Å². The van der Waals surface area contributed by atoms with Gasteiger partial charge in [0.25, 0.3) is 0 Å². The highest BCUT2D eigenvalue weighted by Crippen LogP contribution is 2.37. The Morgan fingerprint density at radius 1 is 1.25 bits per heavy atom. The van der Waals surface area contributed by atoms with Gasteiger partial charge in [-0.05, 0) is 32.8 Å². The summed E-state index contributed by atoms with van der Waals surface area (Å²) in [4.78, 5) is 6.50. The van der Waals surface area contributed by atoms with Crippen LogP contribution in [0.2, 0.25) is 0 Å². The van der Waals surface area contributed by atoms with Crippen molar-refractivity contribution in [3.05, 3.63) is 47.0 Å². The third-order valence-electron chi connectivity index (χ3n) is 4.11. The number of anilines is 1. The number of hydrogen-bond acceptors (Lipinski definition) is 2. The van der Waals surface area contributed by atoms with Crippen LogP contribution in [0.5, 0.6) is 0 Å². The summed E-state index contributed by atoms with van der Waals surface area (Å²) < 4.78 is 14.7. The van der Waals surface area contributed by atoms with Crippen molar-refractivity contribution in [1.29, 1.82) is 0 Å². The Morgan fingerprint density at radius 3 is 2.75 bits per heavy atom. The van der Waals surface area contributed by atoms with Crippen LogP contribution < -0.4 is 4.90 Å². The van der Waals surface area contributed by atoms with E-state index in [-0.39, 0.29) is 5.82 Å². The van der Waals surface area contributed by atoms with Gasteiger partial charge in [0.2, 0.25) is 0 Å². The third kappa shape index (κ3) is 1.89. The molecule has 0 spiro atoms. The molecule has 0 fully saturated rings. The Morgan fingerprint density at radius 2 is 2.00 bits per heavy atom. The van der Waals surface area contributed by atoms with Crippen molar-refractivity contribution < 1.29 is 4.39 Å². The summed E-state index contributed by atoms with van der Waals surface area (Å²) in [7, 11) is 0. The molecule has 0 N–H and O–H groups in total. The van der Waals surface area contributed by atoms with Crippen LogP contribution in [0.4, 0.5) is 10.1 Å². The SMILES string of the molecule is CCC1=C(C)CCN1c1c(F)c(C)nc2ccccc12. The summed E-state index contributed by atoms with van der Waals surface area (Å²) in [6.45, 7) is 6.88. The number of benzene rings is 1. The summed E-state index contributed by atoms with van der Waals surface area (Å²) in [5.74, 6) is -0.190. The molecule has 0 radical (unpaired) electrons. The third-order valence-corrected chi connectivity index (χ3v) is 4.11. The second kappa shape index (κ2) is 4.89. The molecule has 0 saturated heterocycles. The zero-order valence-electron chi connectivity index (χ0n) is 12.2. The van der Waals surface area contributed by atoms with Crippen molar-refractivity contribution >= 4 is 16.6 Å². The summed E-state index contributed by atoms with van der Waals surface area (Å²) >= 11 is 0. The Hall–Kier alpha value is -1.90. The smallest absolute Gasteiger partial charge is 0.168 e. The van der Waals surface area contributed by atoms with Gasteiger partial charge in [0.05, 0.1) is 16.9 Å². The Bertz CT molecular complexity index is 703. The monoisotopic (exact) mass is 270 g/mol. The summed E-state index contributed by atoms with van der Waals surface area (Å²) in [5, 5.41) is 0.899. The largest absolute Gasteiger partial charge is 0.342 e. The average molecular weight is 270 g/mol. The topological polar surface area (TPSA) is 16.1 Å². The lowest BCUT2D eigenvalue weighted by molar-refractivity contribution is 0.609. The first-order valence-corrected chi connectivity index (χ1v) is 7.14. The number of hydrogen-bond donors (Lipinski definition) is 0. The van der Waals surface area contributed by atoms with Gasteiger partial charge in [-0.25, -0.2) is 9.37 Å². The highest BCUT2D eigenvalue weighted by molar-refractivity contribution is 5.93. The first kappa shape index (κ1) is 13.1. The molecule has 2 aromatic rings.